The molecule has 1 aromatic heterocycles. The van der Waals surface area contributed by atoms with Crippen LogP contribution in [0.5, 0.6) is 0 Å². The highest BCUT2D eigenvalue weighted by Gasteiger charge is 2.20. The van der Waals surface area contributed by atoms with E-state index in [0.29, 0.717) is 5.69 Å². The first-order valence-electron chi connectivity index (χ1n) is 4.31. The molecule has 0 amide bonds. The molecule has 0 atom stereocenters. The second-order valence-electron chi connectivity index (χ2n) is 3.24. The number of aromatic carboxylic acids is 1. The van der Waals surface area contributed by atoms with E-state index in [4.69, 9.17) is 5.11 Å². The zero-order valence-corrected chi connectivity index (χ0v) is 8.67. The fraction of sp³-hybridized carbons (Fsp3) is 0.444. The third-order valence-electron chi connectivity index (χ3n) is 2.42. The van der Waals surface area contributed by atoms with Gasteiger partial charge in [0.25, 0.3) is 0 Å². The molecule has 13 heavy (non-hydrogen) atoms. The van der Waals surface area contributed by atoms with Gasteiger partial charge in [0.1, 0.15) is 5.69 Å². The van der Waals surface area contributed by atoms with E-state index in [1.165, 1.54) is 0 Å². The van der Waals surface area contributed by atoms with E-state index in [-0.39, 0.29) is 0 Å². The van der Waals surface area contributed by atoms with Crippen LogP contribution in [0.2, 0.25) is 0 Å². The Bertz CT molecular complexity index is 357. The van der Waals surface area contributed by atoms with E-state index in [1.807, 2.05) is 4.57 Å². The minimum Gasteiger partial charge on any atom is -0.477 e. The van der Waals surface area contributed by atoms with Gasteiger partial charge >= 0.3 is 5.97 Å². The molecule has 1 aliphatic rings. The van der Waals surface area contributed by atoms with Gasteiger partial charge in [0.15, 0.2) is 0 Å². The molecule has 1 aliphatic heterocycles. The van der Waals surface area contributed by atoms with Gasteiger partial charge in [-0.15, -0.1) is 0 Å². The van der Waals surface area contributed by atoms with E-state index < -0.39 is 5.97 Å². The minimum atomic E-state index is -0.839. The van der Waals surface area contributed by atoms with Crippen molar-refractivity contribution in [2.45, 2.75) is 25.8 Å². The third kappa shape index (κ3) is 1.39. The molecule has 0 aromatic carbocycles. The maximum atomic E-state index is 10.8. The van der Waals surface area contributed by atoms with Crippen LogP contribution >= 0.6 is 15.9 Å². The van der Waals surface area contributed by atoms with Crippen LogP contribution < -0.4 is 0 Å². The lowest BCUT2D eigenvalue weighted by Gasteiger charge is -2.16. The highest BCUT2D eigenvalue weighted by molar-refractivity contribution is 9.10. The van der Waals surface area contributed by atoms with Gasteiger partial charge in [-0.1, -0.05) is 0 Å². The molecule has 1 N–H and O–H groups in total. The van der Waals surface area contributed by atoms with Crippen LogP contribution in [0.1, 0.15) is 29.0 Å². The van der Waals surface area contributed by atoms with Crippen LogP contribution in [0.4, 0.5) is 0 Å². The molecule has 1 aromatic rings. The lowest BCUT2D eigenvalue weighted by Crippen LogP contribution is -2.15. The number of aromatic nitrogens is 1. The first-order chi connectivity index (χ1) is 6.20. The summed E-state index contributed by atoms with van der Waals surface area (Å²) in [6.07, 6.45) is 3.21. The lowest BCUT2D eigenvalue weighted by molar-refractivity contribution is 0.0684. The van der Waals surface area contributed by atoms with Crippen molar-refractivity contribution >= 4 is 21.9 Å². The van der Waals surface area contributed by atoms with E-state index >= 15 is 0 Å². The molecule has 0 saturated carbocycles. The predicted octanol–water partition coefficient (Wildman–Crippen LogP) is 2.29. The van der Waals surface area contributed by atoms with Crippen molar-refractivity contribution in [2.75, 3.05) is 0 Å². The molecular formula is C9H10BrNO2. The fourth-order valence-corrected chi connectivity index (χ4v) is 2.43. The summed E-state index contributed by atoms with van der Waals surface area (Å²) in [7, 11) is 0. The smallest absolute Gasteiger partial charge is 0.352 e. The molecule has 0 fully saturated rings. The van der Waals surface area contributed by atoms with Gasteiger partial charge in [-0.3, -0.25) is 0 Å². The number of nitrogens with zero attached hydrogens (tertiary/aromatic N) is 1. The summed E-state index contributed by atoms with van der Waals surface area (Å²) in [5, 5.41) is 8.91. The number of hydrogen-bond donors (Lipinski definition) is 1. The van der Waals surface area contributed by atoms with Gasteiger partial charge in [-0.2, -0.15) is 0 Å². The quantitative estimate of drug-likeness (QED) is 0.823. The van der Waals surface area contributed by atoms with Crippen molar-refractivity contribution in [2.24, 2.45) is 0 Å². The van der Waals surface area contributed by atoms with Gasteiger partial charge in [0, 0.05) is 16.7 Å². The summed E-state index contributed by atoms with van der Waals surface area (Å²) < 4.78 is 2.83. The zero-order chi connectivity index (χ0) is 9.42. The molecule has 0 unspecified atom stereocenters. The molecule has 2 heterocycles. The largest absolute Gasteiger partial charge is 0.477 e. The Morgan fingerprint density at radius 2 is 2.31 bits per heavy atom. The van der Waals surface area contributed by atoms with Crippen molar-refractivity contribution in [3.63, 3.8) is 0 Å². The van der Waals surface area contributed by atoms with Crippen molar-refractivity contribution in [1.29, 1.82) is 0 Å². The lowest BCUT2D eigenvalue weighted by atomic mass is 10.1. The second-order valence-corrected chi connectivity index (χ2v) is 4.09. The summed E-state index contributed by atoms with van der Waals surface area (Å²) in [5.41, 5.74) is 1.53. The summed E-state index contributed by atoms with van der Waals surface area (Å²) in [4.78, 5) is 10.8. The minimum absolute atomic E-state index is 0.404. The highest BCUT2D eigenvalue weighted by Crippen LogP contribution is 2.27. The molecule has 4 heteroatoms. The molecule has 0 radical (unpaired) electrons. The normalized spacial score (nSPS) is 15.5. The third-order valence-corrected chi connectivity index (χ3v) is 3.11. The standard InChI is InChI=1S/C9H10BrNO2/c10-6-5-8(9(12)13)11-4-2-1-3-7(6)11/h5H,1-4H2,(H,12,13). The number of carboxylic acids is 1. The summed E-state index contributed by atoms with van der Waals surface area (Å²) >= 11 is 3.39. The Morgan fingerprint density at radius 1 is 1.54 bits per heavy atom. The van der Waals surface area contributed by atoms with Crippen molar-refractivity contribution in [1.82, 2.24) is 4.57 Å². The number of carboxylic acid groups (broad SMARTS) is 1. The van der Waals surface area contributed by atoms with Gasteiger partial charge < -0.3 is 9.67 Å². The average molecular weight is 244 g/mol. The molecule has 70 valence electrons. The monoisotopic (exact) mass is 243 g/mol. The van der Waals surface area contributed by atoms with Crippen LogP contribution in [-0.2, 0) is 13.0 Å². The molecule has 3 nitrogen and oxygen atoms in total. The van der Waals surface area contributed by atoms with Crippen LogP contribution in [0.25, 0.3) is 0 Å². The summed E-state index contributed by atoms with van der Waals surface area (Å²) in [6, 6.07) is 1.70. The van der Waals surface area contributed by atoms with Crippen LogP contribution in [0.15, 0.2) is 10.5 Å². The number of carbonyl (C=O) groups is 1. The van der Waals surface area contributed by atoms with Crippen molar-refractivity contribution in [3.05, 3.63) is 21.9 Å². The van der Waals surface area contributed by atoms with Crippen LogP contribution in [0.3, 0.4) is 0 Å². The Balaban J connectivity index is 2.53. The molecule has 0 bridgehead atoms. The van der Waals surface area contributed by atoms with Gasteiger partial charge in [0.05, 0.1) is 0 Å². The van der Waals surface area contributed by atoms with Crippen molar-refractivity contribution in [3.8, 4) is 0 Å². The average Bonchev–Trinajstić information content (AvgIpc) is 2.45. The summed E-state index contributed by atoms with van der Waals surface area (Å²) in [5.74, 6) is -0.839. The first-order valence-corrected chi connectivity index (χ1v) is 5.10. The summed E-state index contributed by atoms with van der Waals surface area (Å²) in [6.45, 7) is 0.836. The van der Waals surface area contributed by atoms with Crippen molar-refractivity contribution < 1.29 is 9.90 Å². The molecular weight excluding hydrogens is 234 g/mol. The highest BCUT2D eigenvalue weighted by atomic mass is 79.9. The Hall–Kier alpha value is -0.770. The number of hydrogen-bond acceptors (Lipinski definition) is 1. The molecule has 2 rings (SSSR count). The number of fused-ring (bicyclic) bond motifs is 1. The number of rotatable bonds is 1. The van der Waals surface area contributed by atoms with Gasteiger partial charge in [0.2, 0.25) is 0 Å². The first kappa shape index (κ1) is 8.81. The zero-order valence-electron chi connectivity index (χ0n) is 7.09. The van der Waals surface area contributed by atoms with E-state index in [1.54, 1.807) is 6.07 Å². The van der Waals surface area contributed by atoms with E-state index in [0.717, 1.165) is 36.0 Å². The van der Waals surface area contributed by atoms with Gasteiger partial charge in [-0.25, -0.2) is 4.79 Å². The second kappa shape index (κ2) is 3.18. The van der Waals surface area contributed by atoms with E-state index in [9.17, 15) is 4.79 Å². The number of halogens is 1. The Labute approximate surface area is 84.5 Å². The molecule has 0 aliphatic carbocycles. The van der Waals surface area contributed by atoms with E-state index in [2.05, 4.69) is 15.9 Å². The maximum Gasteiger partial charge on any atom is 0.352 e. The topological polar surface area (TPSA) is 42.2 Å². The SMILES string of the molecule is O=C(O)c1cc(Br)c2n1CCCC2. The Kier molecular flexibility index (Phi) is 2.15. The fourth-order valence-electron chi connectivity index (χ4n) is 1.80. The van der Waals surface area contributed by atoms with Gasteiger partial charge in [-0.05, 0) is 41.3 Å². The van der Waals surface area contributed by atoms with Crippen LogP contribution in [0, 0.1) is 0 Å². The Morgan fingerprint density at radius 3 is 3.00 bits per heavy atom. The predicted molar refractivity (Wildman–Crippen MR) is 52.0 cm³/mol. The maximum absolute atomic E-state index is 10.8. The van der Waals surface area contributed by atoms with Crippen LogP contribution in [-0.4, -0.2) is 15.6 Å². The molecule has 0 spiro atoms. The molecule has 0 saturated heterocycles.